The molecule has 2 heteroatoms. The third-order valence-electron chi connectivity index (χ3n) is 2.20. The number of aromatic nitrogens is 1. The summed E-state index contributed by atoms with van der Waals surface area (Å²) in [6, 6.07) is 0. The van der Waals surface area contributed by atoms with E-state index in [2.05, 4.69) is 30.1 Å². The Balaban J connectivity index is 2.46. The highest BCUT2D eigenvalue weighted by Gasteiger charge is 2.09. The third-order valence-corrected chi connectivity index (χ3v) is 2.20. The highest BCUT2D eigenvalue weighted by molar-refractivity contribution is 5.55. The van der Waals surface area contributed by atoms with Crippen molar-refractivity contribution in [3.63, 3.8) is 0 Å². The molecule has 0 bridgehead atoms. The number of fused-ring (bicyclic) bond motifs is 1. The molecule has 0 saturated carbocycles. The Bertz CT molecular complexity index is 371. The number of oxazole rings is 1. The molecule has 68 valence electrons. The normalized spacial score (nSPS) is 15.1. The van der Waals surface area contributed by atoms with Crippen molar-refractivity contribution < 1.29 is 4.42 Å². The van der Waals surface area contributed by atoms with E-state index in [9.17, 15) is 0 Å². The zero-order chi connectivity index (χ0) is 9.26. The zero-order valence-electron chi connectivity index (χ0n) is 8.00. The summed E-state index contributed by atoms with van der Waals surface area (Å²) in [5.41, 5.74) is 2.35. The molecular weight excluding hydrogens is 162 g/mol. The van der Waals surface area contributed by atoms with Crippen LogP contribution in [-0.2, 0) is 6.42 Å². The number of allylic oxidation sites excluding steroid dienone is 3. The van der Waals surface area contributed by atoms with Crippen LogP contribution in [0.5, 0.6) is 0 Å². The first kappa shape index (κ1) is 8.30. The van der Waals surface area contributed by atoms with Gasteiger partial charge in [-0.05, 0) is 18.1 Å². The number of hydrogen-bond acceptors (Lipinski definition) is 2. The van der Waals surface area contributed by atoms with Crippen molar-refractivity contribution >= 4 is 6.08 Å². The van der Waals surface area contributed by atoms with Crippen LogP contribution in [0.1, 0.15) is 30.7 Å². The molecule has 1 heterocycles. The zero-order valence-corrected chi connectivity index (χ0v) is 8.00. The van der Waals surface area contributed by atoms with E-state index >= 15 is 0 Å². The molecule has 2 rings (SSSR count). The molecule has 0 radical (unpaired) electrons. The van der Waals surface area contributed by atoms with Gasteiger partial charge in [0.2, 0.25) is 0 Å². The van der Waals surface area contributed by atoms with Crippen molar-refractivity contribution in [1.82, 2.24) is 4.98 Å². The maximum Gasteiger partial charge on any atom is 0.192 e. The molecule has 1 aromatic heterocycles. The summed E-state index contributed by atoms with van der Waals surface area (Å²) < 4.78 is 5.49. The molecule has 0 spiro atoms. The summed E-state index contributed by atoms with van der Waals surface area (Å²) in [6.45, 7) is 4.03. The summed E-state index contributed by atoms with van der Waals surface area (Å²) in [6.07, 6.45) is 8.29. The van der Waals surface area contributed by atoms with Crippen LogP contribution in [0.3, 0.4) is 0 Å². The molecule has 1 aromatic rings. The van der Waals surface area contributed by atoms with Gasteiger partial charge in [-0.2, -0.15) is 0 Å². The van der Waals surface area contributed by atoms with Gasteiger partial charge in [-0.3, -0.25) is 0 Å². The van der Waals surface area contributed by atoms with Crippen molar-refractivity contribution in [3.8, 4) is 0 Å². The monoisotopic (exact) mass is 175 g/mol. The van der Waals surface area contributed by atoms with E-state index in [4.69, 9.17) is 4.42 Å². The van der Waals surface area contributed by atoms with E-state index in [1.165, 1.54) is 5.57 Å². The predicted octanol–water partition coefficient (Wildman–Crippen LogP) is 2.89. The first-order valence-electron chi connectivity index (χ1n) is 4.63. The lowest BCUT2D eigenvalue weighted by molar-refractivity contribution is 0.512. The van der Waals surface area contributed by atoms with Crippen molar-refractivity contribution in [1.29, 1.82) is 0 Å². The minimum Gasteiger partial charge on any atom is -0.441 e. The van der Waals surface area contributed by atoms with E-state index in [0.717, 1.165) is 30.2 Å². The van der Waals surface area contributed by atoms with Crippen molar-refractivity contribution in [2.24, 2.45) is 0 Å². The Morgan fingerprint density at radius 3 is 3.15 bits per heavy atom. The van der Waals surface area contributed by atoms with Crippen LogP contribution in [0.2, 0.25) is 0 Å². The highest BCUT2D eigenvalue weighted by atomic mass is 16.4. The smallest absolute Gasteiger partial charge is 0.192 e. The average molecular weight is 175 g/mol. The summed E-state index contributed by atoms with van der Waals surface area (Å²) >= 11 is 0. The number of hydrogen-bond donors (Lipinski definition) is 0. The van der Waals surface area contributed by atoms with Gasteiger partial charge in [0.15, 0.2) is 11.7 Å². The van der Waals surface area contributed by atoms with Gasteiger partial charge in [0.05, 0.1) is 5.69 Å². The van der Waals surface area contributed by atoms with E-state index < -0.39 is 0 Å². The molecule has 13 heavy (non-hydrogen) atoms. The maximum absolute atomic E-state index is 5.49. The lowest BCUT2D eigenvalue weighted by atomic mass is 10.2. The second-order valence-electron chi connectivity index (χ2n) is 3.22. The number of aryl methyl sites for hydroxylation is 1. The second kappa shape index (κ2) is 3.21. The van der Waals surface area contributed by atoms with Gasteiger partial charge in [0, 0.05) is 13.3 Å². The molecule has 1 aliphatic rings. The molecule has 0 unspecified atom stereocenters. The molecule has 0 N–H and O–H groups in total. The molecule has 0 saturated heterocycles. The maximum atomic E-state index is 5.49. The van der Waals surface area contributed by atoms with Gasteiger partial charge in [-0.1, -0.05) is 19.1 Å². The summed E-state index contributed by atoms with van der Waals surface area (Å²) in [7, 11) is 0. The van der Waals surface area contributed by atoms with Crippen LogP contribution in [0.15, 0.2) is 22.1 Å². The predicted molar refractivity (Wildman–Crippen MR) is 52.4 cm³/mol. The minimum atomic E-state index is 0.756. The van der Waals surface area contributed by atoms with Gasteiger partial charge >= 0.3 is 0 Å². The van der Waals surface area contributed by atoms with Gasteiger partial charge in [0.1, 0.15) is 0 Å². The molecule has 1 aliphatic carbocycles. The van der Waals surface area contributed by atoms with Gasteiger partial charge in [-0.15, -0.1) is 0 Å². The van der Waals surface area contributed by atoms with E-state index in [0.29, 0.717) is 0 Å². The molecule has 0 aromatic carbocycles. The fraction of sp³-hybridized carbons (Fsp3) is 0.364. The Labute approximate surface area is 78.0 Å². The van der Waals surface area contributed by atoms with E-state index in [1.54, 1.807) is 0 Å². The fourth-order valence-corrected chi connectivity index (χ4v) is 1.50. The third kappa shape index (κ3) is 1.57. The van der Waals surface area contributed by atoms with Gasteiger partial charge in [-0.25, -0.2) is 4.98 Å². The van der Waals surface area contributed by atoms with Crippen LogP contribution in [0.4, 0.5) is 0 Å². The average Bonchev–Trinajstić information content (AvgIpc) is 2.33. The number of nitrogens with zero attached hydrogens (tertiary/aromatic N) is 1. The summed E-state index contributed by atoms with van der Waals surface area (Å²) in [5, 5.41) is 0. The number of rotatable bonds is 1. The lowest BCUT2D eigenvalue weighted by Gasteiger charge is -1.92. The second-order valence-corrected chi connectivity index (χ2v) is 3.22. The fourth-order valence-electron chi connectivity index (χ4n) is 1.50. The van der Waals surface area contributed by atoms with Crippen molar-refractivity contribution in [3.05, 3.63) is 35.1 Å². The van der Waals surface area contributed by atoms with Crippen LogP contribution in [0.25, 0.3) is 6.08 Å². The molecule has 0 atom stereocenters. The Kier molecular flexibility index (Phi) is 2.05. The molecular formula is C11H13NO. The standard InChI is InChI=1S/C11H13NO/c1-3-9-5-4-6-10-11(7-9)13-8(2)12-10/h4-5,7H,3,6H2,1-2H3. The first-order valence-corrected chi connectivity index (χ1v) is 4.63. The lowest BCUT2D eigenvalue weighted by Crippen LogP contribution is -1.82. The van der Waals surface area contributed by atoms with E-state index in [-0.39, 0.29) is 0 Å². The Morgan fingerprint density at radius 1 is 1.54 bits per heavy atom. The van der Waals surface area contributed by atoms with Crippen molar-refractivity contribution in [2.45, 2.75) is 26.7 Å². The summed E-state index contributed by atoms with van der Waals surface area (Å²) in [4.78, 5) is 4.32. The van der Waals surface area contributed by atoms with Crippen molar-refractivity contribution in [2.75, 3.05) is 0 Å². The van der Waals surface area contributed by atoms with Gasteiger partial charge < -0.3 is 4.42 Å². The van der Waals surface area contributed by atoms with Gasteiger partial charge in [0.25, 0.3) is 0 Å². The topological polar surface area (TPSA) is 26.0 Å². The quantitative estimate of drug-likeness (QED) is 0.656. The van der Waals surface area contributed by atoms with E-state index in [1.807, 2.05) is 6.92 Å². The molecule has 0 aliphatic heterocycles. The minimum absolute atomic E-state index is 0.756. The molecule has 0 fully saturated rings. The van der Waals surface area contributed by atoms with Crippen LogP contribution in [0, 0.1) is 6.92 Å². The molecule has 0 amide bonds. The van der Waals surface area contributed by atoms with Crippen LogP contribution < -0.4 is 0 Å². The first-order chi connectivity index (χ1) is 6.29. The molecule has 2 nitrogen and oxygen atoms in total. The largest absolute Gasteiger partial charge is 0.441 e. The van der Waals surface area contributed by atoms with Crippen LogP contribution >= 0.6 is 0 Å². The summed E-state index contributed by atoms with van der Waals surface area (Å²) in [5.74, 6) is 1.69. The Hall–Kier alpha value is -1.31. The van der Waals surface area contributed by atoms with Crippen LogP contribution in [-0.4, -0.2) is 4.98 Å². The Morgan fingerprint density at radius 2 is 2.38 bits per heavy atom. The SMILES string of the molecule is CCC1=Cc2oc(C)nc2CC=C1. The highest BCUT2D eigenvalue weighted by Crippen LogP contribution is 2.20.